The Hall–Kier alpha value is -4.54. The third-order valence-electron chi connectivity index (χ3n) is 5.37. The van der Waals surface area contributed by atoms with E-state index < -0.39 is 0 Å². The maximum atomic E-state index is 12.0. The Labute approximate surface area is 216 Å². The predicted octanol–water partition coefficient (Wildman–Crippen LogP) is 8.59. The van der Waals surface area contributed by atoms with Gasteiger partial charge in [0, 0.05) is 22.1 Å². The summed E-state index contributed by atoms with van der Waals surface area (Å²) in [5.74, 6) is 0. The SMILES string of the molecule is Nc1ccc(-c2ccccc2)cc1.O=C(Nc1ccc(Cl)cc1)Nc1ccc(-c2ccccc2)cc1. The summed E-state index contributed by atoms with van der Waals surface area (Å²) >= 11 is 5.81. The minimum Gasteiger partial charge on any atom is -0.399 e. The fraction of sp³-hybridized carbons (Fsp3) is 0. The number of nitrogen functional groups attached to an aromatic ring is 1. The van der Waals surface area contributed by atoms with Crippen LogP contribution in [0.5, 0.6) is 0 Å². The molecule has 0 fully saturated rings. The Bertz CT molecular complexity index is 1370. The molecule has 0 saturated heterocycles. The molecule has 5 rings (SSSR count). The number of amides is 2. The Morgan fingerprint density at radius 1 is 0.500 bits per heavy atom. The zero-order valence-electron chi connectivity index (χ0n) is 19.6. The van der Waals surface area contributed by atoms with Gasteiger partial charge >= 0.3 is 6.03 Å². The van der Waals surface area contributed by atoms with E-state index in [1.165, 1.54) is 11.1 Å². The van der Waals surface area contributed by atoms with Crippen molar-refractivity contribution in [3.05, 3.63) is 138 Å². The molecule has 0 saturated carbocycles. The highest BCUT2D eigenvalue weighted by Gasteiger charge is 2.03. The molecule has 5 heteroatoms. The summed E-state index contributed by atoms with van der Waals surface area (Å²) in [5, 5.41) is 6.19. The van der Waals surface area contributed by atoms with Gasteiger partial charge in [0.1, 0.15) is 0 Å². The van der Waals surface area contributed by atoms with Crippen LogP contribution in [0.1, 0.15) is 0 Å². The lowest BCUT2D eigenvalue weighted by Crippen LogP contribution is -2.19. The van der Waals surface area contributed by atoms with E-state index in [1.807, 2.05) is 84.9 Å². The third kappa shape index (κ3) is 7.23. The topological polar surface area (TPSA) is 67.2 Å². The van der Waals surface area contributed by atoms with Crippen molar-refractivity contribution in [2.75, 3.05) is 16.4 Å². The summed E-state index contributed by atoms with van der Waals surface area (Å²) in [4.78, 5) is 12.0. The Kier molecular flexibility index (Phi) is 8.36. The van der Waals surface area contributed by atoms with Crippen LogP contribution in [0.4, 0.5) is 21.9 Å². The zero-order valence-corrected chi connectivity index (χ0v) is 20.3. The van der Waals surface area contributed by atoms with Crippen molar-refractivity contribution in [1.29, 1.82) is 0 Å². The van der Waals surface area contributed by atoms with Crippen molar-refractivity contribution in [2.45, 2.75) is 0 Å². The number of nitrogens with one attached hydrogen (secondary N) is 2. The number of hydrogen-bond donors (Lipinski definition) is 3. The molecule has 0 atom stereocenters. The summed E-state index contributed by atoms with van der Waals surface area (Å²) in [7, 11) is 0. The average molecular weight is 492 g/mol. The number of hydrogen-bond acceptors (Lipinski definition) is 2. The van der Waals surface area contributed by atoms with E-state index in [0.29, 0.717) is 10.7 Å². The van der Waals surface area contributed by atoms with Crippen LogP contribution in [0.25, 0.3) is 22.3 Å². The second-order valence-corrected chi connectivity index (χ2v) is 8.45. The van der Waals surface area contributed by atoms with Crippen LogP contribution in [0, 0.1) is 0 Å². The average Bonchev–Trinajstić information content (AvgIpc) is 2.92. The molecular formula is C31H26ClN3O. The van der Waals surface area contributed by atoms with Gasteiger partial charge in [0.2, 0.25) is 0 Å². The second-order valence-electron chi connectivity index (χ2n) is 8.02. The zero-order chi connectivity index (χ0) is 25.2. The molecule has 2 amide bonds. The molecule has 4 N–H and O–H groups in total. The molecule has 0 aliphatic carbocycles. The Morgan fingerprint density at radius 3 is 1.31 bits per heavy atom. The largest absolute Gasteiger partial charge is 0.399 e. The first-order chi connectivity index (χ1) is 17.6. The molecule has 0 aromatic heterocycles. The molecule has 178 valence electrons. The fourth-order valence-electron chi connectivity index (χ4n) is 3.51. The molecule has 0 radical (unpaired) electrons. The maximum absolute atomic E-state index is 12.0. The minimum atomic E-state index is -0.292. The first-order valence-electron chi connectivity index (χ1n) is 11.5. The van der Waals surface area contributed by atoms with Gasteiger partial charge in [-0.25, -0.2) is 4.79 Å². The number of carbonyl (C=O) groups excluding carboxylic acids is 1. The van der Waals surface area contributed by atoms with Crippen molar-refractivity contribution in [1.82, 2.24) is 0 Å². The fourth-order valence-corrected chi connectivity index (χ4v) is 3.64. The van der Waals surface area contributed by atoms with Gasteiger partial charge in [-0.2, -0.15) is 0 Å². The lowest BCUT2D eigenvalue weighted by atomic mass is 10.1. The van der Waals surface area contributed by atoms with Crippen molar-refractivity contribution in [2.24, 2.45) is 0 Å². The number of urea groups is 1. The van der Waals surface area contributed by atoms with Crippen LogP contribution in [-0.4, -0.2) is 6.03 Å². The lowest BCUT2D eigenvalue weighted by Gasteiger charge is -2.08. The number of carbonyl (C=O) groups is 1. The van der Waals surface area contributed by atoms with Crippen molar-refractivity contribution in [3.8, 4) is 22.3 Å². The quantitative estimate of drug-likeness (QED) is 0.220. The van der Waals surface area contributed by atoms with E-state index in [0.717, 1.165) is 22.5 Å². The highest BCUT2D eigenvalue weighted by atomic mass is 35.5. The molecule has 0 heterocycles. The normalized spacial score (nSPS) is 10.0. The van der Waals surface area contributed by atoms with Crippen LogP contribution >= 0.6 is 11.6 Å². The van der Waals surface area contributed by atoms with E-state index in [1.54, 1.807) is 24.3 Å². The summed E-state index contributed by atoms with van der Waals surface area (Å²) < 4.78 is 0. The van der Waals surface area contributed by atoms with Gasteiger partial charge in [-0.1, -0.05) is 96.5 Å². The van der Waals surface area contributed by atoms with Crippen LogP contribution in [0.2, 0.25) is 5.02 Å². The van der Waals surface area contributed by atoms with Crippen LogP contribution in [0.3, 0.4) is 0 Å². The van der Waals surface area contributed by atoms with Crippen LogP contribution < -0.4 is 16.4 Å². The smallest absolute Gasteiger partial charge is 0.323 e. The van der Waals surface area contributed by atoms with E-state index in [4.69, 9.17) is 17.3 Å². The monoisotopic (exact) mass is 491 g/mol. The van der Waals surface area contributed by atoms with Gasteiger partial charge in [-0.05, 0) is 70.8 Å². The highest BCUT2D eigenvalue weighted by molar-refractivity contribution is 6.30. The van der Waals surface area contributed by atoms with Crippen molar-refractivity contribution < 1.29 is 4.79 Å². The van der Waals surface area contributed by atoms with Crippen LogP contribution in [0.15, 0.2) is 133 Å². The molecule has 0 unspecified atom stereocenters. The molecule has 0 bridgehead atoms. The van der Waals surface area contributed by atoms with E-state index in [-0.39, 0.29) is 6.03 Å². The highest BCUT2D eigenvalue weighted by Crippen LogP contribution is 2.22. The lowest BCUT2D eigenvalue weighted by molar-refractivity contribution is 0.262. The van der Waals surface area contributed by atoms with Crippen molar-refractivity contribution in [3.63, 3.8) is 0 Å². The Balaban J connectivity index is 0.000000197. The predicted molar refractivity (Wildman–Crippen MR) is 152 cm³/mol. The molecule has 5 aromatic rings. The number of rotatable bonds is 4. The maximum Gasteiger partial charge on any atom is 0.323 e. The summed E-state index contributed by atoms with van der Waals surface area (Å²) in [5.41, 5.74) is 12.5. The first-order valence-corrected chi connectivity index (χ1v) is 11.8. The molecule has 4 nitrogen and oxygen atoms in total. The van der Waals surface area contributed by atoms with Crippen LogP contribution in [-0.2, 0) is 0 Å². The minimum absolute atomic E-state index is 0.292. The summed E-state index contributed by atoms with van der Waals surface area (Å²) in [6, 6.07) is 42.6. The van der Waals surface area contributed by atoms with E-state index in [2.05, 4.69) is 34.9 Å². The molecule has 0 spiro atoms. The van der Waals surface area contributed by atoms with Gasteiger partial charge < -0.3 is 16.4 Å². The first kappa shape index (κ1) is 24.6. The summed E-state index contributed by atoms with van der Waals surface area (Å²) in [6.45, 7) is 0. The van der Waals surface area contributed by atoms with E-state index >= 15 is 0 Å². The number of halogens is 1. The second kappa shape index (κ2) is 12.2. The molecule has 0 aliphatic heterocycles. The molecule has 0 aliphatic rings. The molecular weight excluding hydrogens is 466 g/mol. The van der Waals surface area contributed by atoms with Gasteiger partial charge in [0.05, 0.1) is 0 Å². The third-order valence-corrected chi connectivity index (χ3v) is 5.62. The van der Waals surface area contributed by atoms with Gasteiger partial charge in [-0.15, -0.1) is 0 Å². The van der Waals surface area contributed by atoms with Gasteiger partial charge in [0.15, 0.2) is 0 Å². The van der Waals surface area contributed by atoms with Crippen molar-refractivity contribution >= 4 is 34.7 Å². The number of nitrogens with two attached hydrogens (primary N) is 1. The Morgan fingerprint density at radius 2 is 0.861 bits per heavy atom. The number of benzene rings is 5. The van der Waals surface area contributed by atoms with E-state index in [9.17, 15) is 4.79 Å². The standard InChI is InChI=1S/C19H15ClN2O.C12H11N/c20-16-8-12-18(13-9-16)22-19(23)21-17-10-6-15(7-11-17)14-4-2-1-3-5-14;13-12-8-6-11(7-9-12)10-4-2-1-3-5-10/h1-13H,(H2,21,22,23);1-9H,13H2. The molecule has 5 aromatic carbocycles. The number of anilines is 3. The summed E-state index contributed by atoms with van der Waals surface area (Å²) in [6.07, 6.45) is 0. The molecule has 36 heavy (non-hydrogen) atoms. The van der Waals surface area contributed by atoms with Gasteiger partial charge in [-0.3, -0.25) is 0 Å². The van der Waals surface area contributed by atoms with Gasteiger partial charge in [0.25, 0.3) is 0 Å².